The highest BCUT2D eigenvalue weighted by Gasteiger charge is 2.19. The van der Waals surface area contributed by atoms with E-state index < -0.39 is 18.0 Å². The first-order valence-corrected chi connectivity index (χ1v) is 7.08. The van der Waals surface area contributed by atoms with E-state index in [0.717, 1.165) is 10.9 Å². The van der Waals surface area contributed by atoms with Crippen LogP contribution in [0.1, 0.15) is 19.3 Å². The van der Waals surface area contributed by atoms with Crippen molar-refractivity contribution in [2.75, 3.05) is 11.9 Å². The average Bonchev–Trinajstić information content (AvgIpc) is 2.37. The highest BCUT2D eigenvalue weighted by Crippen LogP contribution is 2.15. The fourth-order valence-electron chi connectivity index (χ4n) is 1.64. The molecule has 7 heteroatoms. The van der Waals surface area contributed by atoms with Crippen LogP contribution in [0, 0.1) is 0 Å². The van der Waals surface area contributed by atoms with E-state index in [1.165, 1.54) is 0 Å². The number of halogens is 1. The summed E-state index contributed by atoms with van der Waals surface area (Å²) >= 11 is 3.29. The van der Waals surface area contributed by atoms with Gasteiger partial charge in [-0.05, 0) is 44.0 Å². The number of urea groups is 1. The van der Waals surface area contributed by atoms with Gasteiger partial charge in [-0.1, -0.05) is 22.0 Å². The number of benzene rings is 1. The Morgan fingerprint density at radius 3 is 2.70 bits per heavy atom. The lowest BCUT2D eigenvalue weighted by Gasteiger charge is -2.15. The molecule has 2 amide bonds. The van der Waals surface area contributed by atoms with Gasteiger partial charge in [-0.2, -0.15) is 0 Å². The van der Waals surface area contributed by atoms with Gasteiger partial charge in [-0.25, -0.2) is 9.59 Å². The predicted molar refractivity (Wildman–Crippen MR) is 80.6 cm³/mol. The third kappa shape index (κ3) is 6.03. The lowest BCUT2D eigenvalue weighted by molar-refractivity contribution is -0.139. The zero-order chi connectivity index (χ0) is 15.0. The number of hydrogen-bond donors (Lipinski definition) is 4. The maximum atomic E-state index is 11.7. The lowest BCUT2D eigenvalue weighted by atomic mass is 10.1. The van der Waals surface area contributed by atoms with Crippen LogP contribution in [-0.2, 0) is 4.79 Å². The van der Waals surface area contributed by atoms with Crippen molar-refractivity contribution in [3.05, 3.63) is 28.7 Å². The number of unbranched alkanes of at least 4 members (excludes halogenated alkanes) is 1. The van der Waals surface area contributed by atoms with Crippen LogP contribution in [0.15, 0.2) is 28.7 Å². The Balaban J connectivity index is 2.51. The molecule has 0 aliphatic rings. The van der Waals surface area contributed by atoms with Gasteiger partial charge in [0, 0.05) is 10.2 Å². The molecule has 0 unspecified atom stereocenters. The smallest absolute Gasteiger partial charge is 0.326 e. The van der Waals surface area contributed by atoms with Crippen molar-refractivity contribution in [2.24, 2.45) is 5.73 Å². The van der Waals surface area contributed by atoms with Gasteiger partial charge in [0.1, 0.15) is 6.04 Å². The molecule has 1 atom stereocenters. The SMILES string of the molecule is NCCCC[C@H](NC(=O)Nc1cccc(Br)c1)C(=O)O. The molecular formula is C13H18BrN3O3. The molecular weight excluding hydrogens is 326 g/mol. The third-order valence-electron chi connectivity index (χ3n) is 2.63. The second-order valence-electron chi connectivity index (χ2n) is 4.28. The number of nitrogens with two attached hydrogens (primary N) is 1. The number of aliphatic carboxylic acids is 1. The van der Waals surface area contributed by atoms with Gasteiger partial charge in [0.05, 0.1) is 0 Å². The molecule has 0 aliphatic heterocycles. The van der Waals surface area contributed by atoms with Crippen molar-refractivity contribution in [2.45, 2.75) is 25.3 Å². The molecule has 0 spiro atoms. The number of carboxylic acids is 1. The average molecular weight is 344 g/mol. The molecule has 1 aromatic carbocycles. The molecule has 20 heavy (non-hydrogen) atoms. The molecule has 0 fully saturated rings. The Morgan fingerprint density at radius 2 is 2.10 bits per heavy atom. The van der Waals surface area contributed by atoms with E-state index >= 15 is 0 Å². The maximum Gasteiger partial charge on any atom is 0.326 e. The monoisotopic (exact) mass is 343 g/mol. The van der Waals surface area contributed by atoms with Crippen molar-refractivity contribution < 1.29 is 14.7 Å². The standard InChI is InChI=1S/C13H18BrN3O3/c14-9-4-3-5-10(8-9)16-13(20)17-11(12(18)19)6-1-2-7-15/h3-5,8,11H,1-2,6-7,15H2,(H,18,19)(H2,16,17,20)/t11-/m0/s1. The van der Waals surface area contributed by atoms with Gasteiger partial charge < -0.3 is 21.5 Å². The third-order valence-corrected chi connectivity index (χ3v) is 3.13. The number of nitrogens with one attached hydrogen (secondary N) is 2. The fourth-order valence-corrected chi connectivity index (χ4v) is 2.04. The Morgan fingerprint density at radius 1 is 1.35 bits per heavy atom. The first-order valence-electron chi connectivity index (χ1n) is 6.29. The number of carbonyl (C=O) groups is 2. The molecule has 0 heterocycles. The van der Waals surface area contributed by atoms with Crippen LogP contribution in [0.4, 0.5) is 10.5 Å². The van der Waals surface area contributed by atoms with Crippen LogP contribution in [0.25, 0.3) is 0 Å². The summed E-state index contributed by atoms with van der Waals surface area (Å²) < 4.78 is 0.827. The minimum Gasteiger partial charge on any atom is -0.480 e. The van der Waals surface area contributed by atoms with Gasteiger partial charge >= 0.3 is 12.0 Å². The molecule has 5 N–H and O–H groups in total. The van der Waals surface area contributed by atoms with Gasteiger partial charge in [-0.15, -0.1) is 0 Å². The number of hydrogen-bond acceptors (Lipinski definition) is 3. The Hall–Kier alpha value is -1.60. The molecule has 1 rings (SSSR count). The Bertz CT molecular complexity index is 468. The summed E-state index contributed by atoms with van der Waals surface area (Å²) in [5.41, 5.74) is 5.94. The molecule has 110 valence electrons. The van der Waals surface area contributed by atoms with Gasteiger partial charge in [0.15, 0.2) is 0 Å². The second-order valence-corrected chi connectivity index (χ2v) is 5.20. The molecule has 0 saturated heterocycles. The summed E-state index contributed by atoms with van der Waals surface area (Å²) in [6, 6.07) is 5.60. The Labute approximate surface area is 125 Å². The van der Waals surface area contributed by atoms with E-state index in [0.29, 0.717) is 25.1 Å². The van der Waals surface area contributed by atoms with Gasteiger partial charge in [0.2, 0.25) is 0 Å². The summed E-state index contributed by atoms with van der Waals surface area (Å²) in [4.78, 5) is 22.8. The van der Waals surface area contributed by atoms with E-state index in [-0.39, 0.29) is 0 Å². The molecule has 0 saturated carbocycles. The van der Waals surface area contributed by atoms with E-state index in [1.54, 1.807) is 18.2 Å². The summed E-state index contributed by atoms with van der Waals surface area (Å²) in [6.07, 6.45) is 1.75. The van der Waals surface area contributed by atoms with E-state index in [4.69, 9.17) is 10.8 Å². The fraction of sp³-hybridized carbons (Fsp3) is 0.385. The first-order chi connectivity index (χ1) is 9.52. The topological polar surface area (TPSA) is 104 Å². The van der Waals surface area contributed by atoms with Crippen LogP contribution in [0.2, 0.25) is 0 Å². The largest absolute Gasteiger partial charge is 0.480 e. The zero-order valence-corrected chi connectivity index (χ0v) is 12.5. The van der Waals surface area contributed by atoms with E-state index in [9.17, 15) is 9.59 Å². The van der Waals surface area contributed by atoms with Crippen molar-refractivity contribution in [1.29, 1.82) is 0 Å². The summed E-state index contributed by atoms with van der Waals surface area (Å²) in [7, 11) is 0. The highest BCUT2D eigenvalue weighted by atomic mass is 79.9. The quantitative estimate of drug-likeness (QED) is 0.569. The highest BCUT2D eigenvalue weighted by molar-refractivity contribution is 9.10. The number of carbonyl (C=O) groups excluding carboxylic acids is 1. The summed E-state index contributed by atoms with van der Waals surface area (Å²) in [5, 5.41) is 14.1. The summed E-state index contributed by atoms with van der Waals surface area (Å²) in [5.74, 6) is -1.05. The number of carboxylic acid groups (broad SMARTS) is 1. The van der Waals surface area contributed by atoms with Crippen LogP contribution < -0.4 is 16.4 Å². The second kappa shape index (κ2) is 8.55. The van der Waals surface area contributed by atoms with Crippen LogP contribution in [0.3, 0.4) is 0 Å². The van der Waals surface area contributed by atoms with Crippen molar-refractivity contribution >= 4 is 33.6 Å². The zero-order valence-electron chi connectivity index (χ0n) is 10.9. The predicted octanol–water partition coefficient (Wildman–Crippen LogP) is 2.15. The minimum atomic E-state index is -1.05. The lowest BCUT2D eigenvalue weighted by Crippen LogP contribution is -2.43. The van der Waals surface area contributed by atoms with Crippen LogP contribution in [0.5, 0.6) is 0 Å². The Kier molecular flexibility index (Phi) is 7.03. The molecule has 0 aliphatic carbocycles. The van der Waals surface area contributed by atoms with Crippen molar-refractivity contribution in [3.63, 3.8) is 0 Å². The maximum absolute atomic E-state index is 11.7. The normalized spacial score (nSPS) is 11.7. The molecule has 0 bridgehead atoms. The molecule has 0 radical (unpaired) electrons. The van der Waals surface area contributed by atoms with Crippen molar-refractivity contribution in [3.8, 4) is 0 Å². The van der Waals surface area contributed by atoms with Gasteiger partial charge in [-0.3, -0.25) is 0 Å². The number of rotatable bonds is 7. The number of amides is 2. The van der Waals surface area contributed by atoms with Crippen LogP contribution >= 0.6 is 15.9 Å². The van der Waals surface area contributed by atoms with Crippen molar-refractivity contribution in [1.82, 2.24) is 5.32 Å². The first kappa shape index (κ1) is 16.5. The number of anilines is 1. The molecule has 6 nitrogen and oxygen atoms in total. The van der Waals surface area contributed by atoms with E-state index in [2.05, 4.69) is 26.6 Å². The van der Waals surface area contributed by atoms with Gasteiger partial charge in [0.25, 0.3) is 0 Å². The molecule has 0 aromatic heterocycles. The minimum absolute atomic E-state index is 0.360. The van der Waals surface area contributed by atoms with E-state index in [1.807, 2.05) is 6.07 Å². The molecule has 1 aromatic rings. The summed E-state index contributed by atoms with van der Waals surface area (Å²) in [6.45, 7) is 0.510. The van der Waals surface area contributed by atoms with Crippen LogP contribution in [-0.4, -0.2) is 29.7 Å².